The minimum Gasteiger partial charge on any atom is -0.458 e. The van der Waals surface area contributed by atoms with Crippen molar-refractivity contribution in [1.82, 2.24) is 0 Å². The Bertz CT molecular complexity index is 913. The fourth-order valence-corrected chi connectivity index (χ4v) is 9.15. The van der Waals surface area contributed by atoms with E-state index >= 15 is 0 Å². The standard InChI is InChI=1S/C23H34O7S/c1-21-8-5-16(30-31(26,27)28)12-15(21)3-4-19-18(21)6-9-22(2)17(7-10-23(19,22)25)14-11-20(24)29-13-14/h11,15-19,25H,3-10,12-13H2,1-2H3,(H,26,27,28)/t15-,16+,17-,18+,19-,21+,22-,23+/m1/s1. The van der Waals surface area contributed by atoms with Gasteiger partial charge < -0.3 is 9.84 Å². The summed E-state index contributed by atoms with van der Waals surface area (Å²) >= 11 is 0. The largest absolute Gasteiger partial charge is 0.458 e. The molecule has 8 atom stereocenters. The first kappa shape index (κ1) is 21.9. The first-order chi connectivity index (χ1) is 14.5. The smallest absolute Gasteiger partial charge is 0.397 e. The third-order valence-corrected chi connectivity index (χ3v) is 10.7. The summed E-state index contributed by atoms with van der Waals surface area (Å²) < 4.78 is 41.6. The summed E-state index contributed by atoms with van der Waals surface area (Å²) in [4.78, 5) is 11.7. The monoisotopic (exact) mass is 454 g/mol. The summed E-state index contributed by atoms with van der Waals surface area (Å²) in [5.74, 6) is 0.872. The quantitative estimate of drug-likeness (QED) is 0.496. The van der Waals surface area contributed by atoms with Gasteiger partial charge in [-0.1, -0.05) is 13.8 Å². The van der Waals surface area contributed by atoms with Crippen LogP contribution in [0.3, 0.4) is 0 Å². The Morgan fingerprint density at radius 1 is 1.06 bits per heavy atom. The topological polar surface area (TPSA) is 110 Å². The molecule has 0 amide bonds. The van der Waals surface area contributed by atoms with Crippen molar-refractivity contribution in [2.24, 2.45) is 34.5 Å². The second-order valence-electron chi connectivity index (χ2n) is 11.2. The van der Waals surface area contributed by atoms with E-state index in [2.05, 4.69) is 13.8 Å². The van der Waals surface area contributed by atoms with Crippen LogP contribution in [-0.4, -0.2) is 42.4 Å². The van der Waals surface area contributed by atoms with Crippen molar-refractivity contribution in [3.05, 3.63) is 11.6 Å². The van der Waals surface area contributed by atoms with Crippen LogP contribution in [0.1, 0.15) is 71.6 Å². The minimum absolute atomic E-state index is 0.0445. The van der Waals surface area contributed by atoms with E-state index in [1.165, 1.54) is 0 Å². The third kappa shape index (κ3) is 3.23. The predicted octanol–water partition coefficient (Wildman–Crippen LogP) is 3.43. The van der Waals surface area contributed by atoms with Crippen molar-refractivity contribution < 1.29 is 31.8 Å². The van der Waals surface area contributed by atoms with E-state index < -0.39 is 22.1 Å². The molecule has 0 unspecified atom stereocenters. The molecule has 0 aromatic heterocycles. The van der Waals surface area contributed by atoms with Gasteiger partial charge in [0.05, 0.1) is 11.7 Å². The highest BCUT2D eigenvalue weighted by atomic mass is 32.3. The lowest BCUT2D eigenvalue weighted by Crippen LogP contribution is -2.62. The second-order valence-corrected chi connectivity index (χ2v) is 12.3. The summed E-state index contributed by atoms with van der Waals surface area (Å²) in [7, 11) is -4.43. The van der Waals surface area contributed by atoms with Crippen LogP contribution in [0.4, 0.5) is 0 Å². The average Bonchev–Trinajstić information content (AvgIpc) is 3.21. The Labute approximate surface area is 184 Å². The molecule has 2 N–H and O–H groups in total. The Hall–Kier alpha value is -0.960. The first-order valence-corrected chi connectivity index (χ1v) is 13.1. The molecule has 4 fully saturated rings. The van der Waals surface area contributed by atoms with E-state index in [0.717, 1.165) is 50.5 Å². The number of ether oxygens (including phenoxy) is 1. The number of carbonyl (C=O) groups is 1. The lowest BCUT2D eigenvalue weighted by atomic mass is 9.43. The molecule has 0 radical (unpaired) electrons. The zero-order valence-corrected chi connectivity index (χ0v) is 19.2. The van der Waals surface area contributed by atoms with Gasteiger partial charge in [0.1, 0.15) is 6.61 Å². The van der Waals surface area contributed by atoms with Crippen LogP contribution in [0.5, 0.6) is 0 Å². The van der Waals surface area contributed by atoms with E-state index in [1.54, 1.807) is 6.08 Å². The van der Waals surface area contributed by atoms with Gasteiger partial charge in [0.25, 0.3) is 0 Å². The van der Waals surface area contributed by atoms with E-state index in [-0.39, 0.29) is 28.6 Å². The van der Waals surface area contributed by atoms with Crippen molar-refractivity contribution in [3.63, 3.8) is 0 Å². The van der Waals surface area contributed by atoms with Crippen molar-refractivity contribution in [2.45, 2.75) is 83.3 Å². The number of carbonyl (C=O) groups excluding carboxylic acids is 1. The minimum atomic E-state index is -4.43. The lowest BCUT2D eigenvalue weighted by Gasteiger charge is -2.63. The number of aliphatic hydroxyl groups is 1. The van der Waals surface area contributed by atoms with Gasteiger partial charge in [-0.15, -0.1) is 0 Å². The lowest BCUT2D eigenvalue weighted by molar-refractivity contribution is -0.207. The van der Waals surface area contributed by atoms with Gasteiger partial charge in [-0.3, -0.25) is 4.55 Å². The Morgan fingerprint density at radius 2 is 1.84 bits per heavy atom. The summed E-state index contributed by atoms with van der Waals surface area (Å²) in [5, 5.41) is 12.2. The number of hydrogen-bond donors (Lipinski definition) is 2. The number of esters is 1. The maximum atomic E-state index is 12.2. The van der Waals surface area contributed by atoms with Crippen LogP contribution in [0, 0.1) is 34.5 Å². The summed E-state index contributed by atoms with van der Waals surface area (Å²) in [6, 6.07) is 0. The zero-order valence-electron chi connectivity index (χ0n) is 18.4. The van der Waals surface area contributed by atoms with Gasteiger partial charge in [-0.25, -0.2) is 8.98 Å². The molecule has 31 heavy (non-hydrogen) atoms. The molecule has 5 aliphatic rings. The Morgan fingerprint density at radius 3 is 2.52 bits per heavy atom. The van der Waals surface area contributed by atoms with E-state index in [0.29, 0.717) is 31.3 Å². The van der Waals surface area contributed by atoms with Crippen LogP contribution in [0.15, 0.2) is 11.6 Å². The van der Waals surface area contributed by atoms with Gasteiger partial charge in [0.2, 0.25) is 0 Å². The van der Waals surface area contributed by atoms with Gasteiger partial charge in [-0.05, 0) is 92.4 Å². The maximum absolute atomic E-state index is 12.2. The molecular formula is C23H34O7S. The number of hydrogen-bond acceptors (Lipinski definition) is 6. The van der Waals surface area contributed by atoms with E-state index in [1.807, 2.05) is 0 Å². The molecular weight excluding hydrogens is 420 g/mol. The van der Waals surface area contributed by atoms with Crippen molar-refractivity contribution >= 4 is 16.4 Å². The van der Waals surface area contributed by atoms with Crippen molar-refractivity contribution in [1.29, 1.82) is 0 Å². The van der Waals surface area contributed by atoms with Crippen LogP contribution < -0.4 is 0 Å². The Balaban J connectivity index is 1.39. The Kier molecular flexibility index (Phi) is 4.95. The van der Waals surface area contributed by atoms with Gasteiger partial charge in [0.15, 0.2) is 0 Å². The van der Waals surface area contributed by atoms with Crippen LogP contribution in [0.2, 0.25) is 0 Å². The fourth-order valence-electron chi connectivity index (χ4n) is 8.63. The number of rotatable bonds is 3. The summed E-state index contributed by atoms with van der Waals surface area (Å²) in [5.41, 5.74) is 0.0957. The molecule has 7 nitrogen and oxygen atoms in total. The molecule has 0 spiro atoms. The van der Waals surface area contributed by atoms with E-state index in [4.69, 9.17) is 13.5 Å². The molecule has 0 aromatic carbocycles. The SMILES string of the molecule is C[C@]12CC[C@H](OS(=O)(=O)O)C[C@H]1CC[C@@H]1[C@@H]2CC[C@]2(C)[C@@H](C3=CC(=O)OC3)CC[C@]12O. The highest BCUT2D eigenvalue weighted by Gasteiger charge is 2.67. The van der Waals surface area contributed by atoms with E-state index in [9.17, 15) is 18.3 Å². The molecule has 5 rings (SSSR count). The molecule has 0 bridgehead atoms. The molecule has 174 valence electrons. The maximum Gasteiger partial charge on any atom is 0.397 e. The normalized spacial score (nSPS) is 49.6. The molecule has 1 aliphatic heterocycles. The molecule has 8 heteroatoms. The predicted molar refractivity (Wildman–Crippen MR) is 112 cm³/mol. The molecule has 4 saturated carbocycles. The zero-order chi connectivity index (χ0) is 22.2. The van der Waals surface area contributed by atoms with Crippen LogP contribution >= 0.6 is 0 Å². The second kappa shape index (κ2) is 7.02. The van der Waals surface area contributed by atoms with Crippen molar-refractivity contribution in [3.8, 4) is 0 Å². The van der Waals surface area contributed by atoms with Crippen molar-refractivity contribution in [2.75, 3.05) is 6.61 Å². The highest BCUT2D eigenvalue weighted by molar-refractivity contribution is 7.80. The molecule has 4 aliphatic carbocycles. The van der Waals surface area contributed by atoms with Gasteiger partial charge >= 0.3 is 16.4 Å². The number of cyclic esters (lactones) is 1. The third-order valence-electron chi connectivity index (χ3n) is 10.2. The molecule has 0 aromatic rings. The first-order valence-electron chi connectivity index (χ1n) is 11.7. The fraction of sp³-hybridized carbons (Fsp3) is 0.870. The van der Waals surface area contributed by atoms with Crippen LogP contribution in [0.25, 0.3) is 0 Å². The van der Waals surface area contributed by atoms with Crippen LogP contribution in [-0.2, 0) is 24.1 Å². The van der Waals surface area contributed by atoms with Gasteiger partial charge in [-0.2, -0.15) is 8.42 Å². The molecule has 0 saturated heterocycles. The summed E-state index contributed by atoms with van der Waals surface area (Å²) in [6.45, 7) is 4.90. The highest BCUT2D eigenvalue weighted by Crippen LogP contribution is 2.70. The average molecular weight is 455 g/mol. The van der Waals surface area contributed by atoms with Gasteiger partial charge in [0, 0.05) is 11.5 Å². The molecule has 1 heterocycles. The summed E-state index contributed by atoms with van der Waals surface area (Å²) in [6.07, 6.45) is 8.78. The number of fused-ring (bicyclic) bond motifs is 5.